The lowest BCUT2D eigenvalue weighted by Crippen LogP contribution is -2.22. The summed E-state index contributed by atoms with van der Waals surface area (Å²) >= 11 is 0. The second-order valence-electron chi connectivity index (χ2n) is 4.07. The van der Waals surface area contributed by atoms with Gasteiger partial charge >= 0.3 is 5.97 Å². The molecule has 0 aliphatic heterocycles. The van der Waals surface area contributed by atoms with Gasteiger partial charge in [-0.05, 0) is 24.3 Å². The molecule has 17 heavy (non-hydrogen) atoms. The number of aliphatic carboxylic acids is 1. The highest BCUT2D eigenvalue weighted by atomic mass is 16.4. The van der Waals surface area contributed by atoms with E-state index in [1.165, 1.54) is 0 Å². The van der Waals surface area contributed by atoms with Crippen molar-refractivity contribution in [3.8, 4) is 0 Å². The summed E-state index contributed by atoms with van der Waals surface area (Å²) in [6, 6.07) is 7.68. The van der Waals surface area contributed by atoms with E-state index < -0.39 is 12.1 Å². The number of anilines is 2. The Morgan fingerprint density at radius 2 is 1.94 bits per heavy atom. The lowest BCUT2D eigenvalue weighted by molar-refractivity contribution is -0.138. The number of hydrogen-bond acceptors (Lipinski definition) is 4. The first kappa shape index (κ1) is 13.3. The molecule has 5 heteroatoms. The smallest absolute Gasteiger partial charge is 0.306 e. The first-order valence-electron chi connectivity index (χ1n) is 5.40. The van der Waals surface area contributed by atoms with Gasteiger partial charge in [-0.2, -0.15) is 0 Å². The summed E-state index contributed by atoms with van der Waals surface area (Å²) in [5.74, 6) is -0.998. The lowest BCUT2D eigenvalue weighted by atomic mass is 10.2. The molecule has 0 saturated carbocycles. The molecule has 0 aromatic heterocycles. The summed E-state index contributed by atoms with van der Waals surface area (Å²) in [6.07, 6.45) is -1.12. The van der Waals surface area contributed by atoms with Crippen LogP contribution < -0.4 is 10.2 Å². The Hall–Kier alpha value is -1.75. The molecule has 0 radical (unpaired) electrons. The highest BCUT2D eigenvalue weighted by Crippen LogP contribution is 2.15. The van der Waals surface area contributed by atoms with Gasteiger partial charge in [0, 0.05) is 32.0 Å². The van der Waals surface area contributed by atoms with Gasteiger partial charge in [-0.3, -0.25) is 4.79 Å². The molecule has 0 bridgehead atoms. The van der Waals surface area contributed by atoms with Crippen LogP contribution in [-0.2, 0) is 4.79 Å². The zero-order valence-corrected chi connectivity index (χ0v) is 10.1. The van der Waals surface area contributed by atoms with Crippen molar-refractivity contribution in [3.63, 3.8) is 0 Å². The number of carboxylic acids is 1. The number of carbonyl (C=O) groups is 1. The number of nitrogens with one attached hydrogen (secondary N) is 1. The van der Waals surface area contributed by atoms with Gasteiger partial charge < -0.3 is 20.4 Å². The second kappa shape index (κ2) is 6.10. The first-order chi connectivity index (χ1) is 7.99. The van der Waals surface area contributed by atoms with E-state index in [2.05, 4.69) is 5.32 Å². The molecular weight excluding hydrogens is 220 g/mol. The van der Waals surface area contributed by atoms with Crippen LogP contribution in [0.4, 0.5) is 11.4 Å². The van der Waals surface area contributed by atoms with Crippen LogP contribution in [0.2, 0.25) is 0 Å². The molecule has 0 aliphatic rings. The Balaban J connectivity index is 2.44. The Kier molecular flexibility index (Phi) is 4.78. The summed E-state index contributed by atoms with van der Waals surface area (Å²) in [5, 5.41) is 20.8. The Morgan fingerprint density at radius 1 is 1.35 bits per heavy atom. The van der Waals surface area contributed by atoms with Crippen molar-refractivity contribution in [2.45, 2.75) is 12.5 Å². The molecule has 0 amide bonds. The minimum Gasteiger partial charge on any atom is -0.481 e. The van der Waals surface area contributed by atoms with Crippen molar-refractivity contribution in [2.24, 2.45) is 0 Å². The van der Waals surface area contributed by atoms with Crippen LogP contribution in [0.3, 0.4) is 0 Å². The van der Waals surface area contributed by atoms with Crippen molar-refractivity contribution < 1.29 is 15.0 Å². The van der Waals surface area contributed by atoms with Crippen molar-refractivity contribution in [3.05, 3.63) is 24.3 Å². The second-order valence-corrected chi connectivity index (χ2v) is 4.07. The van der Waals surface area contributed by atoms with E-state index in [-0.39, 0.29) is 13.0 Å². The fourth-order valence-corrected chi connectivity index (χ4v) is 1.39. The van der Waals surface area contributed by atoms with E-state index in [0.717, 1.165) is 11.4 Å². The van der Waals surface area contributed by atoms with Gasteiger partial charge in [-0.1, -0.05) is 0 Å². The molecule has 1 rings (SSSR count). The number of nitrogens with zero attached hydrogens (tertiary/aromatic N) is 1. The summed E-state index contributed by atoms with van der Waals surface area (Å²) in [6.45, 7) is 0.230. The summed E-state index contributed by atoms with van der Waals surface area (Å²) in [4.78, 5) is 12.3. The van der Waals surface area contributed by atoms with Crippen LogP contribution in [0.25, 0.3) is 0 Å². The van der Waals surface area contributed by atoms with Gasteiger partial charge in [0.05, 0.1) is 12.5 Å². The van der Waals surface area contributed by atoms with Crippen LogP contribution in [0.5, 0.6) is 0 Å². The van der Waals surface area contributed by atoms with Crippen LogP contribution >= 0.6 is 0 Å². The van der Waals surface area contributed by atoms with Gasteiger partial charge in [-0.25, -0.2) is 0 Å². The van der Waals surface area contributed by atoms with E-state index in [0.29, 0.717) is 0 Å². The number of aliphatic hydroxyl groups is 1. The van der Waals surface area contributed by atoms with Gasteiger partial charge in [0.15, 0.2) is 0 Å². The van der Waals surface area contributed by atoms with E-state index in [1.807, 2.05) is 43.3 Å². The van der Waals surface area contributed by atoms with Gasteiger partial charge in [0.2, 0.25) is 0 Å². The van der Waals surface area contributed by atoms with E-state index in [4.69, 9.17) is 5.11 Å². The number of rotatable bonds is 6. The van der Waals surface area contributed by atoms with Crippen molar-refractivity contribution >= 4 is 17.3 Å². The topological polar surface area (TPSA) is 72.8 Å². The zero-order chi connectivity index (χ0) is 12.8. The third-order valence-corrected chi connectivity index (χ3v) is 2.34. The third-order valence-electron chi connectivity index (χ3n) is 2.34. The van der Waals surface area contributed by atoms with Gasteiger partial charge in [0.25, 0.3) is 0 Å². The van der Waals surface area contributed by atoms with Crippen LogP contribution in [0, 0.1) is 0 Å². The Bertz CT molecular complexity index is 363. The molecule has 0 heterocycles. The van der Waals surface area contributed by atoms with Crippen LogP contribution in [-0.4, -0.2) is 42.9 Å². The Morgan fingerprint density at radius 3 is 2.41 bits per heavy atom. The molecule has 1 aromatic rings. The largest absolute Gasteiger partial charge is 0.481 e. The standard InChI is InChI=1S/C12H18N2O3/c1-14(2)10-5-3-9(4-6-10)13-8-11(15)7-12(16)17/h3-6,11,13,15H,7-8H2,1-2H3,(H,16,17). The molecule has 0 aliphatic carbocycles. The summed E-state index contributed by atoms with van der Waals surface area (Å²) in [5.41, 5.74) is 1.95. The molecule has 0 fully saturated rings. The molecule has 1 atom stereocenters. The number of carboxylic acid groups (broad SMARTS) is 1. The Labute approximate surface area is 101 Å². The lowest BCUT2D eigenvalue weighted by Gasteiger charge is -2.14. The quantitative estimate of drug-likeness (QED) is 0.689. The SMILES string of the molecule is CN(C)c1ccc(NCC(O)CC(=O)O)cc1. The van der Waals surface area contributed by atoms with Gasteiger partial charge in [0.1, 0.15) is 0 Å². The maximum Gasteiger partial charge on any atom is 0.306 e. The molecular formula is C12H18N2O3. The summed E-state index contributed by atoms with van der Waals surface area (Å²) in [7, 11) is 3.91. The van der Waals surface area contributed by atoms with E-state index >= 15 is 0 Å². The average Bonchev–Trinajstić information content (AvgIpc) is 2.26. The normalized spacial score (nSPS) is 11.9. The molecule has 0 spiro atoms. The molecule has 3 N–H and O–H groups in total. The molecule has 5 nitrogen and oxygen atoms in total. The van der Waals surface area contributed by atoms with Crippen LogP contribution in [0.1, 0.15) is 6.42 Å². The van der Waals surface area contributed by atoms with E-state index in [1.54, 1.807) is 0 Å². The molecule has 1 aromatic carbocycles. The number of hydrogen-bond donors (Lipinski definition) is 3. The minimum absolute atomic E-state index is 0.230. The molecule has 0 saturated heterocycles. The van der Waals surface area contributed by atoms with Gasteiger partial charge in [-0.15, -0.1) is 0 Å². The third kappa shape index (κ3) is 4.74. The zero-order valence-electron chi connectivity index (χ0n) is 10.1. The minimum atomic E-state index is -0.998. The fourth-order valence-electron chi connectivity index (χ4n) is 1.39. The highest BCUT2D eigenvalue weighted by Gasteiger charge is 2.08. The monoisotopic (exact) mass is 238 g/mol. The number of aliphatic hydroxyl groups excluding tert-OH is 1. The summed E-state index contributed by atoms with van der Waals surface area (Å²) < 4.78 is 0. The maximum absolute atomic E-state index is 10.3. The maximum atomic E-state index is 10.3. The van der Waals surface area contributed by atoms with Crippen molar-refractivity contribution in [1.29, 1.82) is 0 Å². The van der Waals surface area contributed by atoms with E-state index in [9.17, 15) is 9.90 Å². The fraction of sp³-hybridized carbons (Fsp3) is 0.417. The highest BCUT2D eigenvalue weighted by molar-refractivity contribution is 5.67. The molecule has 94 valence electrons. The molecule has 1 unspecified atom stereocenters. The van der Waals surface area contributed by atoms with Crippen molar-refractivity contribution in [1.82, 2.24) is 0 Å². The number of benzene rings is 1. The predicted molar refractivity (Wildman–Crippen MR) is 67.5 cm³/mol. The average molecular weight is 238 g/mol. The predicted octanol–water partition coefficient (Wildman–Crippen LogP) is 1.00. The van der Waals surface area contributed by atoms with Crippen molar-refractivity contribution in [2.75, 3.05) is 30.9 Å². The van der Waals surface area contributed by atoms with Crippen LogP contribution in [0.15, 0.2) is 24.3 Å². The first-order valence-corrected chi connectivity index (χ1v) is 5.40.